The lowest BCUT2D eigenvalue weighted by atomic mass is 10.2. The fraction of sp³-hybridized carbons (Fsp3) is 0.0769. The fourth-order valence-corrected chi connectivity index (χ4v) is 1.43. The molecule has 0 atom stereocenters. The molecule has 4 nitrogen and oxygen atoms in total. The van der Waals surface area contributed by atoms with Gasteiger partial charge in [0.1, 0.15) is 5.75 Å². The highest BCUT2D eigenvalue weighted by atomic mass is 16.3. The number of phenolic OH excluding ortho intramolecular Hbond substituents is 1. The van der Waals surface area contributed by atoms with Crippen molar-refractivity contribution in [2.75, 3.05) is 5.32 Å². The number of carbonyl (C=O) groups excluding carboxylic acids is 1. The second-order valence-corrected chi connectivity index (χ2v) is 3.70. The topological polar surface area (TPSA) is 62.2 Å². The fourth-order valence-electron chi connectivity index (χ4n) is 1.43. The largest absolute Gasteiger partial charge is 0.508 e. The van der Waals surface area contributed by atoms with Crippen molar-refractivity contribution in [3.63, 3.8) is 0 Å². The van der Waals surface area contributed by atoms with E-state index in [1.807, 2.05) is 0 Å². The number of aromatic nitrogens is 1. The van der Waals surface area contributed by atoms with Gasteiger partial charge in [0, 0.05) is 18.1 Å². The first-order valence-electron chi connectivity index (χ1n) is 5.18. The van der Waals surface area contributed by atoms with Gasteiger partial charge in [-0.15, -0.1) is 0 Å². The van der Waals surface area contributed by atoms with Crippen LogP contribution in [-0.2, 0) is 0 Å². The van der Waals surface area contributed by atoms with Crippen LogP contribution in [0.4, 0.5) is 5.69 Å². The molecule has 2 aromatic rings. The highest BCUT2D eigenvalue weighted by molar-refractivity contribution is 6.04. The smallest absolute Gasteiger partial charge is 0.257 e. The van der Waals surface area contributed by atoms with Gasteiger partial charge in [-0.2, -0.15) is 0 Å². The molecule has 86 valence electrons. The Kier molecular flexibility index (Phi) is 3.05. The number of amides is 1. The van der Waals surface area contributed by atoms with Crippen LogP contribution < -0.4 is 5.32 Å². The van der Waals surface area contributed by atoms with Gasteiger partial charge in [0.15, 0.2) is 0 Å². The molecular weight excluding hydrogens is 216 g/mol. The summed E-state index contributed by atoms with van der Waals surface area (Å²) in [5.74, 6) is -0.00688. The molecule has 0 radical (unpaired) electrons. The number of hydrogen-bond acceptors (Lipinski definition) is 3. The third-order valence-electron chi connectivity index (χ3n) is 2.38. The van der Waals surface area contributed by atoms with Gasteiger partial charge in [-0.05, 0) is 42.8 Å². The van der Waals surface area contributed by atoms with Gasteiger partial charge in [0.05, 0.1) is 5.56 Å². The lowest BCUT2D eigenvalue weighted by Crippen LogP contribution is -2.11. The van der Waals surface area contributed by atoms with Gasteiger partial charge in [0.25, 0.3) is 5.91 Å². The molecule has 1 aromatic heterocycles. The van der Waals surface area contributed by atoms with Gasteiger partial charge in [-0.25, -0.2) is 0 Å². The standard InChI is InChI=1S/C13H12N2O2/c1-9-7-11(4-5-12(9)16)15-13(17)10-3-2-6-14-8-10/h2-8,16H,1H3,(H,15,17). The van der Waals surface area contributed by atoms with Crippen LogP contribution in [0.1, 0.15) is 15.9 Å². The number of hydrogen-bond donors (Lipinski definition) is 2. The van der Waals surface area contributed by atoms with Crippen molar-refractivity contribution in [3.8, 4) is 5.75 Å². The Balaban J connectivity index is 2.16. The second-order valence-electron chi connectivity index (χ2n) is 3.70. The summed E-state index contributed by atoms with van der Waals surface area (Å²) >= 11 is 0. The Morgan fingerprint density at radius 2 is 2.18 bits per heavy atom. The molecule has 0 fully saturated rings. The van der Waals surface area contributed by atoms with Crippen LogP contribution in [-0.4, -0.2) is 16.0 Å². The van der Waals surface area contributed by atoms with Crippen molar-refractivity contribution < 1.29 is 9.90 Å². The Labute approximate surface area is 98.9 Å². The molecule has 1 heterocycles. The van der Waals surface area contributed by atoms with Crippen LogP contribution in [0.25, 0.3) is 0 Å². The number of nitrogens with zero attached hydrogens (tertiary/aromatic N) is 1. The zero-order valence-electron chi connectivity index (χ0n) is 9.34. The van der Waals surface area contributed by atoms with E-state index in [9.17, 15) is 9.90 Å². The van der Waals surface area contributed by atoms with Crippen molar-refractivity contribution >= 4 is 11.6 Å². The first kappa shape index (κ1) is 11.1. The number of aromatic hydroxyl groups is 1. The number of aryl methyl sites for hydroxylation is 1. The van der Waals surface area contributed by atoms with E-state index in [0.717, 1.165) is 0 Å². The van der Waals surface area contributed by atoms with E-state index in [2.05, 4.69) is 10.3 Å². The van der Waals surface area contributed by atoms with Crippen LogP contribution in [0.5, 0.6) is 5.75 Å². The van der Waals surface area contributed by atoms with E-state index in [-0.39, 0.29) is 11.7 Å². The minimum Gasteiger partial charge on any atom is -0.508 e. The highest BCUT2D eigenvalue weighted by Gasteiger charge is 2.06. The van der Waals surface area contributed by atoms with Crippen LogP contribution in [0.15, 0.2) is 42.7 Å². The molecule has 0 aliphatic heterocycles. The third-order valence-corrected chi connectivity index (χ3v) is 2.38. The van der Waals surface area contributed by atoms with Crippen LogP contribution >= 0.6 is 0 Å². The lowest BCUT2D eigenvalue weighted by molar-refractivity contribution is 0.102. The van der Waals surface area contributed by atoms with Crippen molar-refractivity contribution in [3.05, 3.63) is 53.9 Å². The minimum atomic E-state index is -0.219. The van der Waals surface area contributed by atoms with Gasteiger partial charge in [-0.3, -0.25) is 9.78 Å². The minimum absolute atomic E-state index is 0.212. The zero-order valence-corrected chi connectivity index (χ0v) is 9.34. The second kappa shape index (κ2) is 4.65. The number of phenols is 1. The first-order valence-corrected chi connectivity index (χ1v) is 5.18. The molecule has 2 rings (SSSR count). The molecule has 1 amide bonds. The SMILES string of the molecule is Cc1cc(NC(=O)c2cccnc2)ccc1O. The van der Waals surface area contributed by atoms with Crippen molar-refractivity contribution in [1.82, 2.24) is 4.98 Å². The monoisotopic (exact) mass is 228 g/mol. The Bertz CT molecular complexity index is 538. The quantitative estimate of drug-likeness (QED) is 0.775. The van der Waals surface area contributed by atoms with Crippen molar-refractivity contribution in [1.29, 1.82) is 0 Å². The van der Waals surface area contributed by atoms with Gasteiger partial charge in [0.2, 0.25) is 0 Å². The summed E-state index contributed by atoms with van der Waals surface area (Å²) in [5.41, 5.74) is 1.86. The maximum absolute atomic E-state index is 11.8. The Hall–Kier alpha value is -2.36. The predicted molar refractivity (Wildman–Crippen MR) is 65.0 cm³/mol. The number of pyridine rings is 1. The van der Waals surface area contributed by atoms with Crippen molar-refractivity contribution in [2.24, 2.45) is 0 Å². The molecule has 0 spiro atoms. The summed E-state index contributed by atoms with van der Waals surface area (Å²) in [6.07, 6.45) is 3.12. The Morgan fingerprint density at radius 1 is 1.35 bits per heavy atom. The number of rotatable bonds is 2. The molecule has 1 aromatic carbocycles. The van der Waals surface area contributed by atoms with Crippen LogP contribution in [0, 0.1) is 6.92 Å². The number of anilines is 1. The number of carbonyl (C=O) groups is 1. The molecule has 4 heteroatoms. The summed E-state index contributed by atoms with van der Waals surface area (Å²) in [7, 11) is 0. The van der Waals surface area contributed by atoms with Crippen molar-refractivity contribution in [2.45, 2.75) is 6.92 Å². The summed E-state index contributed by atoms with van der Waals surface area (Å²) < 4.78 is 0. The van der Waals surface area contributed by atoms with E-state index in [4.69, 9.17) is 0 Å². The molecular formula is C13H12N2O2. The van der Waals surface area contributed by atoms with E-state index >= 15 is 0 Å². The summed E-state index contributed by atoms with van der Waals surface area (Å²) in [4.78, 5) is 15.7. The van der Waals surface area contributed by atoms with E-state index in [1.165, 1.54) is 6.20 Å². The van der Waals surface area contributed by atoms with E-state index in [0.29, 0.717) is 16.8 Å². The molecule has 17 heavy (non-hydrogen) atoms. The molecule has 0 unspecified atom stereocenters. The zero-order chi connectivity index (χ0) is 12.3. The van der Waals surface area contributed by atoms with E-state index < -0.39 is 0 Å². The summed E-state index contributed by atoms with van der Waals surface area (Å²) in [6.45, 7) is 1.77. The third kappa shape index (κ3) is 2.60. The van der Waals surface area contributed by atoms with Gasteiger partial charge >= 0.3 is 0 Å². The molecule has 0 bridgehead atoms. The maximum Gasteiger partial charge on any atom is 0.257 e. The maximum atomic E-state index is 11.8. The molecule has 0 saturated heterocycles. The Morgan fingerprint density at radius 3 is 2.82 bits per heavy atom. The average molecular weight is 228 g/mol. The van der Waals surface area contributed by atoms with E-state index in [1.54, 1.807) is 43.5 Å². The van der Waals surface area contributed by atoms with Crippen LogP contribution in [0.3, 0.4) is 0 Å². The normalized spacial score (nSPS) is 9.94. The first-order chi connectivity index (χ1) is 8.16. The summed E-state index contributed by atoms with van der Waals surface area (Å²) in [5, 5.41) is 12.1. The van der Waals surface area contributed by atoms with Gasteiger partial charge in [-0.1, -0.05) is 0 Å². The lowest BCUT2D eigenvalue weighted by Gasteiger charge is -2.06. The average Bonchev–Trinajstić information content (AvgIpc) is 2.35. The molecule has 0 saturated carbocycles. The number of nitrogens with one attached hydrogen (secondary N) is 1. The highest BCUT2D eigenvalue weighted by Crippen LogP contribution is 2.20. The molecule has 2 N–H and O–H groups in total. The van der Waals surface area contributed by atoms with Gasteiger partial charge < -0.3 is 10.4 Å². The predicted octanol–water partition coefficient (Wildman–Crippen LogP) is 2.35. The molecule has 0 aliphatic carbocycles. The van der Waals surface area contributed by atoms with Crippen LogP contribution in [0.2, 0.25) is 0 Å². The number of benzene rings is 1. The summed E-state index contributed by atoms with van der Waals surface area (Å²) in [6, 6.07) is 8.31. The molecule has 0 aliphatic rings.